The highest BCUT2D eigenvalue weighted by Gasteiger charge is 2.41. The van der Waals surface area contributed by atoms with Crippen LogP contribution in [0.4, 0.5) is 10.5 Å². The number of rotatable bonds is 11. The molecule has 0 spiro atoms. The maximum Gasteiger partial charge on any atom is 0.408 e. The number of aliphatic hydroxyl groups is 1. The van der Waals surface area contributed by atoms with Gasteiger partial charge >= 0.3 is 12.1 Å². The largest absolute Gasteiger partial charge is 0.478 e. The third-order valence-electron chi connectivity index (χ3n) is 8.23. The van der Waals surface area contributed by atoms with Crippen molar-refractivity contribution in [3.8, 4) is 0 Å². The molecule has 3 N–H and O–H groups in total. The second-order valence-corrected chi connectivity index (χ2v) is 12.6. The van der Waals surface area contributed by atoms with E-state index in [4.69, 9.17) is 14.2 Å². The zero-order valence-electron chi connectivity index (χ0n) is 26.3. The maximum absolute atomic E-state index is 13.2. The molecule has 0 radical (unpaired) electrons. The van der Waals surface area contributed by atoms with Crippen LogP contribution in [0.5, 0.6) is 0 Å². The van der Waals surface area contributed by atoms with Gasteiger partial charge in [-0.15, -0.1) is 11.8 Å². The molecule has 0 saturated carbocycles. The fourth-order valence-corrected chi connectivity index (χ4v) is 6.74. The summed E-state index contributed by atoms with van der Waals surface area (Å²) in [4.78, 5) is 51.9. The van der Waals surface area contributed by atoms with Crippen LogP contribution in [0.2, 0.25) is 0 Å². The molecule has 2 aliphatic rings. The zero-order chi connectivity index (χ0) is 34.3. The molecule has 49 heavy (non-hydrogen) atoms. The first-order valence-corrected chi connectivity index (χ1v) is 16.7. The summed E-state index contributed by atoms with van der Waals surface area (Å²) in [6.45, 7) is -0.0503. The minimum absolute atomic E-state index is 0.0298. The minimum Gasteiger partial charge on any atom is -0.478 e. The Morgan fingerprint density at radius 3 is 2.27 bits per heavy atom. The van der Waals surface area contributed by atoms with Crippen LogP contribution in [0, 0.1) is 0 Å². The molecule has 3 amide bonds. The number of benzene rings is 4. The Morgan fingerprint density at radius 2 is 1.55 bits per heavy atom. The van der Waals surface area contributed by atoms with E-state index in [0.29, 0.717) is 28.3 Å². The molecular formula is C37H34N2O9S. The van der Waals surface area contributed by atoms with Gasteiger partial charge in [-0.25, -0.2) is 14.5 Å². The lowest BCUT2D eigenvalue weighted by atomic mass is 10.0. The summed E-state index contributed by atoms with van der Waals surface area (Å²) in [7, 11) is 0. The summed E-state index contributed by atoms with van der Waals surface area (Å²) in [6, 6.07) is 29.0. The van der Waals surface area contributed by atoms with Gasteiger partial charge < -0.3 is 29.7 Å². The van der Waals surface area contributed by atoms with Crippen LogP contribution in [-0.4, -0.2) is 52.0 Å². The number of hydrogen-bond donors (Lipinski definition) is 3. The number of amides is 3. The summed E-state index contributed by atoms with van der Waals surface area (Å²) >= 11 is 1.39. The van der Waals surface area contributed by atoms with E-state index < -0.39 is 36.2 Å². The van der Waals surface area contributed by atoms with Crippen LogP contribution in [0.25, 0.3) is 0 Å². The molecular weight excluding hydrogens is 648 g/mol. The summed E-state index contributed by atoms with van der Waals surface area (Å²) in [5, 5.41) is 21.6. The molecule has 0 bridgehead atoms. The van der Waals surface area contributed by atoms with E-state index in [9.17, 15) is 29.4 Å². The summed E-state index contributed by atoms with van der Waals surface area (Å²) in [5.74, 6) is -1.56. The van der Waals surface area contributed by atoms with Crippen molar-refractivity contribution in [2.24, 2.45) is 0 Å². The van der Waals surface area contributed by atoms with Crippen LogP contribution in [-0.2, 0) is 37.0 Å². The lowest BCUT2D eigenvalue weighted by molar-refractivity contribution is -0.245. The van der Waals surface area contributed by atoms with E-state index in [1.807, 2.05) is 54.6 Å². The number of aromatic carboxylic acids is 1. The summed E-state index contributed by atoms with van der Waals surface area (Å²) in [5.41, 5.74) is 3.67. The van der Waals surface area contributed by atoms with Crippen LogP contribution < -0.4 is 10.2 Å². The monoisotopic (exact) mass is 682 g/mol. The zero-order valence-corrected chi connectivity index (χ0v) is 27.1. The normalized spacial score (nSPS) is 20.6. The Morgan fingerprint density at radius 1 is 0.857 bits per heavy atom. The lowest BCUT2D eigenvalue weighted by Crippen LogP contribution is -2.42. The van der Waals surface area contributed by atoms with E-state index in [0.717, 1.165) is 21.6 Å². The van der Waals surface area contributed by atoms with Crippen LogP contribution in [0.3, 0.4) is 0 Å². The van der Waals surface area contributed by atoms with Crippen LogP contribution in [0.1, 0.15) is 57.8 Å². The molecule has 11 nitrogen and oxygen atoms in total. The van der Waals surface area contributed by atoms with Gasteiger partial charge in [0.15, 0.2) is 6.29 Å². The molecule has 2 heterocycles. The van der Waals surface area contributed by atoms with Crippen molar-refractivity contribution < 1.29 is 43.6 Å². The Labute approximate surface area is 286 Å². The van der Waals surface area contributed by atoms with Gasteiger partial charge in [0, 0.05) is 22.6 Å². The minimum atomic E-state index is -1.05. The fraction of sp³-hybridized carbons (Fsp3) is 0.243. The number of hydrogen-bond acceptors (Lipinski definition) is 9. The maximum atomic E-state index is 13.2. The number of carbonyl (C=O) groups is 4. The Balaban J connectivity index is 1.14. The number of thioether (sulfide) groups is 1. The third kappa shape index (κ3) is 8.18. The number of nitrogens with zero attached hydrogens (tertiary/aromatic N) is 1. The standard InChI is InChI=1S/C37H34N2O9S/c40-20-23-10-12-25(13-11-23)31-18-28(22-49-32-9-5-4-8-29(32)35(43)44)47-36(48-31)26-14-16-27(17-15-26)39-33(41)19-30(34(39)42)38-37(45)46-21-24-6-2-1-3-7-24/h1-17,28,30-31,36,40H,18-22H2,(H,38,45)(H,43,44)/t28-,30?,31+,36+/m0/s1. The first-order chi connectivity index (χ1) is 23.8. The fourth-order valence-electron chi connectivity index (χ4n) is 5.68. The smallest absolute Gasteiger partial charge is 0.408 e. The number of nitrogens with one attached hydrogen (secondary N) is 1. The second-order valence-electron chi connectivity index (χ2n) is 11.6. The van der Waals surface area contributed by atoms with Crippen molar-refractivity contribution in [1.82, 2.24) is 5.32 Å². The summed E-state index contributed by atoms with van der Waals surface area (Å²) < 4.78 is 18.0. The van der Waals surface area contributed by atoms with Crippen molar-refractivity contribution >= 4 is 41.3 Å². The van der Waals surface area contributed by atoms with Crippen LogP contribution in [0.15, 0.2) is 108 Å². The Kier molecular flexibility index (Phi) is 10.7. The molecule has 2 fully saturated rings. The highest BCUT2D eigenvalue weighted by molar-refractivity contribution is 7.99. The van der Waals surface area contributed by atoms with E-state index in [2.05, 4.69) is 5.32 Å². The summed E-state index contributed by atoms with van der Waals surface area (Å²) in [6.07, 6.45) is -1.96. The molecule has 252 valence electrons. The third-order valence-corrected chi connectivity index (χ3v) is 9.44. The molecule has 1 unspecified atom stereocenters. The number of alkyl carbamates (subject to hydrolysis) is 1. The van der Waals surface area contributed by atoms with Crippen molar-refractivity contribution in [1.29, 1.82) is 0 Å². The topological polar surface area (TPSA) is 152 Å². The predicted molar refractivity (Wildman–Crippen MR) is 180 cm³/mol. The van der Waals surface area contributed by atoms with Gasteiger partial charge in [0.25, 0.3) is 5.91 Å². The average Bonchev–Trinajstić information content (AvgIpc) is 3.41. The number of carboxylic acid groups (broad SMARTS) is 1. The predicted octanol–water partition coefficient (Wildman–Crippen LogP) is 5.77. The molecule has 6 rings (SSSR count). The molecule has 4 aromatic rings. The van der Waals surface area contributed by atoms with Gasteiger partial charge in [0.05, 0.1) is 36.5 Å². The number of anilines is 1. The quantitative estimate of drug-likeness (QED) is 0.131. The molecule has 4 atom stereocenters. The van der Waals surface area contributed by atoms with Crippen molar-refractivity contribution in [3.05, 3.63) is 131 Å². The van der Waals surface area contributed by atoms with E-state index in [1.165, 1.54) is 11.8 Å². The van der Waals surface area contributed by atoms with Crippen molar-refractivity contribution in [2.45, 2.75) is 55.5 Å². The highest BCUT2D eigenvalue weighted by Crippen LogP contribution is 2.40. The molecule has 2 aliphatic heterocycles. The first-order valence-electron chi connectivity index (χ1n) is 15.7. The SMILES string of the molecule is O=C(NC1CC(=O)N(c2ccc([C@@H]3O[C@H](CSc4ccccc4C(=O)O)C[C@H](c4ccc(CO)cc4)O3)cc2)C1=O)OCc1ccccc1. The second kappa shape index (κ2) is 15.5. The van der Waals surface area contributed by atoms with Gasteiger partial charge in [-0.1, -0.05) is 78.9 Å². The number of aliphatic hydroxyl groups excluding tert-OH is 1. The Bertz CT molecular complexity index is 1800. The van der Waals surface area contributed by atoms with Gasteiger partial charge in [0.1, 0.15) is 12.6 Å². The van der Waals surface area contributed by atoms with Gasteiger partial charge in [0.2, 0.25) is 5.91 Å². The molecule has 0 aromatic heterocycles. The van der Waals surface area contributed by atoms with Gasteiger partial charge in [-0.3, -0.25) is 9.59 Å². The number of carbonyl (C=O) groups excluding carboxylic acids is 3. The number of carboxylic acids is 1. The molecule has 4 aromatic carbocycles. The Hall–Kier alpha value is -5.01. The van der Waals surface area contributed by atoms with Crippen molar-refractivity contribution in [3.63, 3.8) is 0 Å². The van der Waals surface area contributed by atoms with Gasteiger partial charge in [-0.2, -0.15) is 0 Å². The lowest BCUT2D eigenvalue weighted by Gasteiger charge is -2.36. The number of imide groups is 1. The molecule has 2 saturated heterocycles. The number of ether oxygens (including phenoxy) is 3. The van der Waals surface area contributed by atoms with E-state index in [1.54, 1.807) is 48.5 Å². The van der Waals surface area contributed by atoms with Gasteiger partial charge in [-0.05, 0) is 41.0 Å². The molecule has 0 aliphatic carbocycles. The first kappa shape index (κ1) is 33.9. The van der Waals surface area contributed by atoms with Crippen LogP contribution >= 0.6 is 11.8 Å². The van der Waals surface area contributed by atoms with Crippen molar-refractivity contribution in [2.75, 3.05) is 10.7 Å². The highest BCUT2D eigenvalue weighted by atomic mass is 32.2. The molecule has 12 heteroatoms. The van der Waals surface area contributed by atoms with E-state index >= 15 is 0 Å². The van der Waals surface area contributed by atoms with E-state index in [-0.39, 0.29) is 37.4 Å². The average molecular weight is 683 g/mol.